The van der Waals surface area contributed by atoms with Crippen molar-refractivity contribution in [2.75, 3.05) is 0 Å². The van der Waals surface area contributed by atoms with Crippen LogP contribution in [0.15, 0.2) is 0 Å². The summed E-state index contributed by atoms with van der Waals surface area (Å²) < 4.78 is 0. The van der Waals surface area contributed by atoms with Crippen LogP contribution in [0.25, 0.3) is 0 Å². The van der Waals surface area contributed by atoms with Gasteiger partial charge in [0, 0.05) is 0 Å². The van der Waals surface area contributed by atoms with Gasteiger partial charge >= 0.3 is 0 Å². The van der Waals surface area contributed by atoms with Gasteiger partial charge in [-0.15, -0.1) is 0 Å². The molecule has 0 aliphatic heterocycles. The topological polar surface area (TPSA) is 20.2 Å². The summed E-state index contributed by atoms with van der Waals surface area (Å²) in [6, 6.07) is 0. The van der Waals surface area contributed by atoms with Crippen molar-refractivity contribution in [2.24, 2.45) is 11.8 Å². The van der Waals surface area contributed by atoms with Gasteiger partial charge in [-0.3, -0.25) is 0 Å². The average Bonchev–Trinajstić information content (AvgIpc) is 2.18. The van der Waals surface area contributed by atoms with E-state index >= 15 is 0 Å². The van der Waals surface area contributed by atoms with Crippen LogP contribution < -0.4 is 0 Å². The molecule has 1 heteroatoms. The zero-order valence-corrected chi connectivity index (χ0v) is 10.1. The molecule has 0 saturated heterocycles. The molecule has 0 radical (unpaired) electrons. The fraction of sp³-hybridized carbons (Fsp3) is 1.00. The smallest absolute Gasteiger partial charge is 0.0673 e. The highest BCUT2D eigenvalue weighted by Crippen LogP contribution is 2.39. The molecule has 1 saturated carbocycles. The first-order valence-corrected chi connectivity index (χ1v) is 6.34. The van der Waals surface area contributed by atoms with Crippen molar-refractivity contribution in [3.05, 3.63) is 0 Å². The Balaban J connectivity index is 2.58. The van der Waals surface area contributed by atoms with Crippen LogP contribution >= 0.6 is 0 Å². The third-order valence-corrected chi connectivity index (χ3v) is 3.99. The predicted molar refractivity (Wildman–Crippen MR) is 61.3 cm³/mol. The van der Waals surface area contributed by atoms with Gasteiger partial charge in [0.15, 0.2) is 0 Å². The van der Waals surface area contributed by atoms with Gasteiger partial charge in [0.05, 0.1) is 5.60 Å². The third-order valence-electron chi connectivity index (χ3n) is 3.99. The lowest BCUT2D eigenvalue weighted by Crippen LogP contribution is -2.39. The minimum absolute atomic E-state index is 0.358. The summed E-state index contributed by atoms with van der Waals surface area (Å²) in [7, 11) is 0. The molecule has 0 heterocycles. The molecule has 0 amide bonds. The SMILES string of the molecule is CCCC(O)(CC)C1CCCC(C)C1. The minimum Gasteiger partial charge on any atom is -0.390 e. The van der Waals surface area contributed by atoms with Crippen molar-refractivity contribution < 1.29 is 5.11 Å². The summed E-state index contributed by atoms with van der Waals surface area (Å²) in [5.74, 6) is 1.39. The van der Waals surface area contributed by atoms with Gasteiger partial charge in [-0.05, 0) is 37.5 Å². The van der Waals surface area contributed by atoms with Crippen LogP contribution in [0, 0.1) is 11.8 Å². The quantitative estimate of drug-likeness (QED) is 0.729. The highest BCUT2D eigenvalue weighted by molar-refractivity contribution is 4.88. The van der Waals surface area contributed by atoms with E-state index in [4.69, 9.17) is 0 Å². The highest BCUT2D eigenvalue weighted by Gasteiger charge is 2.36. The molecule has 1 fully saturated rings. The second kappa shape index (κ2) is 5.16. The van der Waals surface area contributed by atoms with Crippen molar-refractivity contribution in [2.45, 2.75) is 71.3 Å². The Hall–Kier alpha value is -0.0400. The van der Waals surface area contributed by atoms with Crippen molar-refractivity contribution in [3.8, 4) is 0 Å². The molecule has 3 atom stereocenters. The summed E-state index contributed by atoms with van der Waals surface area (Å²) in [6.07, 6.45) is 8.19. The molecule has 3 unspecified atom stereocenters. The van der Waals surface area contributed by atoms with E-state index in [1.54, 1.807) is 0 Å². The second-order valence-electron chi connectivity index (χ2n) is 5.18. The zero-order valence-electron chi connectivity index (χ0n) is 10.1. The van der Waals surface area contributed by atoms with Gasteiger partial charge in [0.2, 0.25) is 0 Å². The van der Waals surface area contributed by atoms with Crippen LogP contribution in [0.1, 0.15) is 65.7 Å². The van der Waals surface area contributed by atoms with E-state index in [2.05, 4.69) is 20.8 Å². The Labute approximate surface area is 88.9 Å². The van der Waals surface area contributed by atoms with Gasteiger partial charge < -0.3 is 5.11 Å². The number of rotatable bonds is 4. The third kappa shape index (κ3) is 2.73. The molecule has 0 spiro atoms. The van der Waals surface area contributed by atoms with Gasteiger partial charge in [-0.2, -0.15) is 0 Å². The normalized spacial score (nSPS) is 32.6. The molecular weight excluding hydrogens is 172 g/mol. The summed E-state index contributed by atoms with van der Waals surface area (Å²) in [5, 5.41) is 10.6. The molecule has 1 nitrogen and oxygen atoms in total. The predicted octanol–water partition coefficient (Wildman–Crippen LogP) is 3.75. The average molecular weight is 198 g/mol. The Morgan fingerprint density at radius 1 is 1.29 bits per heavy atom. The maximum absolute atomic E-state index is 10.6. The van der Waals surface area contributed by atoms with E-state index in [9.17, 15) is 5.11 Å². The Kier molecular flexibility index (Phi) is 4.43. The molecule has 1 aliphatic carbocycles. The van der Waals surface area contributed by atoms with Crippen LogP contribution in [0.4, 0.5) is 0 Å². The molecule has 1 N–H and O–H groups in total. The molecule has 84 valence electrons. The summed E-state index contributed by atoms with van der Waals surface area (Å²) in [6.45, 7) is 6.63. The highest BCUT2D eigenvalue weighted by atomic mass is 16.3. The number of aliphatic hydroxyl groups is 1. The first kappa shape index (κ1) is 12.0. The maximum atomic E-state index is 10.6. The lowest BCUT2D eigenvalue weighted by atomic mass is 9.70. The maximum Gasteiger partial charge on any atom is 0.0673 e. The van der Waals surface area contributed by atoms with Crippen LogP contribution in [-0.4, -0.2) is 10.7 Å². The molecular formula is C13H26O. The van der Waals surface area contributed by atoms with Crippen molar-refractivity contribution in [1.29, 1.82) is 0 Å². The Bertz CT molecular complexity index is 167. The van der Waals surface area contributed by atoms with Crippen LogP contribution in [0.5, 0.6) is 0 Å². The van der Waals surface area contributed by atoms with Crippen molar-refractivity contribution >= 4 is 0 Å². The molecule has 14 heavy (non-hydrogen) atoms. The van der Waals surface area contributed by atoms with Crippen molar-refractivity contribution in [1.82, 2.24) is 0 Å². The summed E-state index contributed by atoms with van der Waals surface area (Å²) in [5.41, 5.74) is -0.358. The molecule has 1 rings (SSSR count). The molecule has 0 aromatic heterocycles. The molecule has 0 aromatic rings. The monoisotopic (exact) mass is 198 g/mol. The molecule has 0 aromatic carbocycles. The zero-order chi connectivity index (χ0) is 10.6. The van der Waals surface area contributed by atoms with E-state index in [1.165, 1.54) is 25.7 Å². The van der Waals surface area contributed by atoms with Crippen LogP contribution in [0.3, 0.4) is 0 Å². The van der Waals surface area contributed by atoms with E-state index in [1.807, 2.05) is 0 Å². The standard InChI is InChI=1S/C13H26O/c1-4-9-13(14,5-2)12-8-6-7-11(3)10-12/h11-12,14H,4-10H2,1-3H3. The van der Waals surface area contributed by atoms with Gasteiger partial charge in [0.1, 0.15) is 0 Å². The van der Waals surface area contributed by atoms with E-state index in [0.29, 0.717) is 5.92 Å². The Morgan fingerprint density at radius 2 is 2.00 bits per heavy atom. The van der Waals surface area contributed by atoms with Crippen LogP contribution in [0.2, 0.25) is 0 Å². The molecule has 1 aliphatic rings. The van der Waals surface area contributed by atoms with Gasteiger partial charge in [0.25, 0.3) is 0 Å². The van der Waals surface area contributed by atoms with E-state index in [0.717, 1.165) is 25.2 Å². The fourth-order valence-corrected chi connectivity index (χ4v) is 3.02. The summed E-state index contributed by atoms with van der Waals surface area (Å²) in [4.78, 5) is 0. The second-order valence-corrected chi connectivity index (χ2v) is 5.18. The van der Waals surface area contributed by atoms with Crippen LogP contribution in [-0.2, 0) is 0 Å². The van der Waals surface area contributed by atoms with Crippen molar-refractivity contribution in [3.63, 3.8) is 0 Å². The van der Waals surface area contributed by atoms with E-state index < -0.39 is 0 Å². The Morgan fingerprint density at radius 3 is 2.50 bits per heavy atom. The minimum atomic E-state index is -0.358. The van der Waals surface area contributed by atoms with Gasteiger partial charge in [-0.25, -0.2) is 0 Å². The fourth-order valence-electron chi connectivity index (χ4n) is 3.02. The summed E-state index contributed by atoms with van der Waals surface area (Å²) >= 11 is 0. The largest absolute Gasteiger partial charge is 0.390 e. The lowest BCUT2D eigenvalue weighted by molar-refractivity contribution is -0.0503. The first-order valence-electron chi connectivity index (χ1n) is 6.34. The van der Waals surface area contributed by atoms with E-state index in [-0.39, 0.29) is 5.60 Å². The first-order chi connectivity index (χ1) is 6.62. The number of hydrogen-bond donors (Lipinski definition) is 1. The van der Waals surface area contributed by atoms with Gasteiger partial charge in [-0.1, -0.05) is 40.0 Å². The number of hydrogen-bond acceptors (Lipinski definition) is 1. The molecule has 0 bridgehead atoms. The lowest BCUT2D eigenvalue weighted by Gasteiger charge is -2.40.